The van der Waals surface area contributed by atoms with Gasteiger partial charge in [0.1, 0.15) is 0 Å². The van der Waals surface area contributed by atoms with Gasteiger partial charge in [-0.15, -0.1) is 0 Å². The van der Waals surface area contributed by atoms with Crippen LogP contribution in [0.3, 0.4) is 0 Å². The minimum atomic E-state index is -3.28. The van der Waals surface area contributed by atoms with E-state index in [-0.39, 0.29) is 12.1 Å². The van der Waals surface area contributed by atoms with E-state index in [4.69, 9.17) is 0 Å². The molecule has 2 heterocycles. The first-order valence-corrected chi connectivity index (χ1v) is 14.0. The van der Waals surface area contributed by atoms with Crippen LogP contribution in [0.5, 0.6) is 0 Å². The van der Waals surface area contributed by atoms with Crippen molar-refractivity contribution in [3.8, 4) is 11.1 Å². The molecule has 5 rings (SSSR count). The van der Waals surface area contributed by atoms with Gasteiger partial charge in [0.2, 0.25) is 0 Å². The standard InChI is InChI=1S/C28H31N3O3S/c1-35(33,34)27-12-6-5-10-24(27)19-30-16-7-11-25(20-30)29-28(32)31-17-15-23-18-22(13-14-26(23)31)21-8-3-2-4-9-21/h2-6,8-10,12-14,18,25H,7,11,15-17,19-20H2,1H3,(H,29,32). The summed E-state index contributed by atoms with van der Waals surface area (Å²) in [6.07, 6.45) is 3.98. The molecular weight excluding hydrogens is 458 g/mol. The first-order valence-electron chi connectivity index (χ1n) is 12.2. The van der Waals surface area contributed by atoms with Gasteiger partial charge in [-0.3, -0.25) is 9.80 Å². The van der Waals surface area contributed by atoms with Crippen molar-refractivity contribution in [2.75, 3.05) is 30.8 Å². The summed E-state index contributed by atoms with van der Waals surface area (Å²) in [5, 5.41) is 3.24. The van der Waals surface area contributed by atoms with E-state index in [1.807, 2.05) is 35.2 Å². The lowest BCUT2D eigenvalue weighted by molar-refractivity contribution is 0.181. The fourth-order valence-electron chi connectivity index (χ4n) is 5.23. The lowest BCUT2D eigenvalue weighted by atomic mass is 10.0. The van der Waals surface area contributed by atoms with Crippen molar-refractivity contribution < 1.29 is 13.2 Å². The van der Waals surface area contributed by atoms with Gasteiger partial charge in [-0.1, -0.05) is 54.6 Å². The van der Waals surface area contributed by atoms with Crippen molar-refractivity contribution in [3.63, 3.8) is 0 Å². The molecule has 1 unspecified atom stereocenters. The average Bonchev–Trinajstić information content (AvgIpc) is 3.28. The van der Waals surface area contributed by atoms with Gasteiger partial charge in [0.25, 0.3) is 0 Å². The van der Waals surface area contributed by atoms with Gasteiger partial charge >= 0.3 is 6.03 Å². The number of anilines is 1. The Balaban J connectivity index is 1.24. The van der Waals surface area contributed by atoms with Gasteiger partial charge in [0.05, 0.1) is 4.90 Å². The number of nitrogens with zero attached hydrogens (tertiary/aromatic N) is 2. The number of rotatable bonds is 5. The summed E-state index contributed by atoms with van der Waals surface area (Å²) in [4.78, 5) is 17.7. The molecule has 0 aliphatic carbocycles. The number of carbonyl (C=O) groups excluding carboxylic acids is 1. The highest BCUT2D eigenvalue weighted by Gasteiger charge is 2.29. The Kier molecular flexibility index (Phi) is 6.62. The summed E-state index contributed by atoms with van der Waals surface area (Å²) in [5.74, 6) is 0. The predicted octanol–water partition coefficient (Wildman–Crippen LogP) is 4.49. The molecule has 1 fully saturated rings. The molecule has 0 aromatic heterocycles. The van der Waals surface area contributed by atoms with Crippen molar-refractivity contribution >= 4 is 21.6 Å². The molecule has 0 saturated carbocycles. The molecule has 35 heavy (non-hydrogen) atoms. The van der Waals surface area contributed by atoms with Crippen LogP contribution in [0.4, 0.5) is 10.5 Å². The summed E-state index contributed by atoms with van der Waals surface area (Å²) in [6.45, 7) is 2.83. The number of carbonyl (C=O) groups is 1. The second-order valence-electron chi connectivity index (χ2n) is 9.51. The zero-order valence-corrected chi connectivity index (χ0v) is 20.8. The molecule has 0 bridgehead atoms. The third-order valence-electron chi connectivity index (χ3n) is 6.93. The minimum Gasteiger partial charge on any atom is -0.334 e. The van der Waals surface area contributed by atoms with E-state index in [1.54, 1.807) is 12.1 Å². The number of hydrogen-bond donors (Lipinski definition) is 1. The maximum absolute atomic E-state index is 13.2. The van der Waals surface area contributed by atoms with E-state index in [1.165, 1.54) is 22.9 Å². The predicted molar refractivity (Wildman–Crippen MR) is 139 cm³/mol. The summed E-state index contributed by atoms with van der Waals surface area (Å²) < 4.78 is 24.3. The molecule has 0 spiro atoms. The first-order chi connectivity index (χ1) is 16.9. The second kappa shape index (κ2) is 9.84. The van der Waals surface area contributed by atoms with Crippen molar-refractivity contribution in [3.05, 3.63) is 83.9 Å². The van der Waals surface area contributed by atoms with Crippen LogP contribution in [0.15, 0.2) is 77.7 Å². The zero-order chi connectivity index (χ0) is 24.4. The summed E-state index contributed by atoms with van der Waals surface area (Å²) >= 11 is 0. The van der Waals surface area contributed by atoms with Crippen LogP contribution >= 0.6 is 0 Å². The Bertz CT molecular complexity index is 1320. The van der Waals surface area contributed by atoms with Gasteiger partial charge in [-0.25, -0.2) is 13.2 Å². The number of benzene rings is 3. The molecule has 2 aliphatic rings. The average molecular weight is 490 g/mol. The number of nitrogens with one attached hydrogen (secondary N) is 1. The smallest absolute Gasteiger partial charge is 0.322 e. The van der Waals surface area contributed by atoms with E-state index in [0.29, 0.717) is 24.5 Å². The molecule has 1 atom stereocenters. The first kappa shape index (κ1) is 23.6. The van der Waals surface area contributed by atoms with Crippen LogP contribution < -0.4 is 10.2 Å². The van der Waals surface area contributed by atoms with Crippen LogP contribution in [-0.4, -0.2) is 51.3 Å². The van der Waals surface area contributed by atoms with Gasteiger partial charge in [0, 0.05) is 37.6 Å². The van der Waals surface area contributed by atoms with E-state index in [0.717, 1.165) is 37.1 Å². The van der Waals surface area contributed by atoms with Crippen molar-refractivity contribution in [1.29, 1.82) is 0 Å². The minimum absolute atomic E-state index is 0.0364. The number of urea groups is 1. The highest BCUT2D eigenvalue weighted by Crippen LogP contribution is 2.32. The summed E-state index contributed by atoms with van der Waals surface area (Å²) in [5.41, 5.74) is 5.34. The Hall–Kier alpha value is -3.16. The normalized spacial score (nSPS) is 18.3. The number of likely N-dealkylation sites (tertiary alicyclic amines) is 1. The topological polar surface area (TPSA) is 69.7 Å². The van der Waals surface area contributed by atoms with Gasteiger partial charge < -0.3 is 5.32 Å². The highest BCUT2D eigenvalue weighted by atomic mass is 32.2. The Morgan fingerprint density at radius 1 is 0.971 bits per heavy atom. The third-order valence-corrected chi connectivity index (χ3v) is 8.12. The van der Waals surface area contributed by atoms with Crippen molar-refractivity contribution in [2.24, 2.45) is 0 Å². The van der Waals surface area contributed by atoms with Crippen LogP contribution in [0.1, 0.15) is 24.0 Å². The van der Waals surface area contributed by atoms with Crippen LogP contribution in [-0.2, 0) is 22.8 Å². The molecule has 2 amide bonds. The third kappa shape index (κ3) is 5.26. The largest absolute Gasteiger partial charge is 0.334 e. The van der Waals surface area contributed by atoms with Crippen molar-refractivity contribution in [1.82, 2.24) is 10.2 Å². The molecule has 0 radical (unpaired) electrons. The summed E-state index contributed by atoms with van der Waals surface area (Å²) in [7, 11) is -3.28. The van der Waals surface area contributed by atoms with Crippen molar-refractivity contribution in [2.45, 2.75) is 36.7 Å². The Morgan fingerprint density at radius 2 is 1.74 bits per heavy atom. The van der Waals surface area contributed by atoms with Gasteiger partial charge in [-0.05, 0) is 66.3 Å². The number of piperidine rings is 1. The molecule has 182 valence electrons. The van der Waals surface area contributed by atoms with E-state index in [2.05, 4.69) is 40.5 Å². The SMILES string of the molecule is CS(=O)(=O)c1ccccc1CN1CCCC(NC(=O)N2CCc3cc(-c4ccccc4)ccc32)C1. The number of fused-ring (bicyclic) bond motifs is 1. The van der Waals surface area contributed by atoms with E-state index >= 15 is 0 Å². The molecule has 2 aliphatic heterocycles. The number of amides is 2. The Morgan fingerprint density at radius 3 is 2.54 bits per heavy atom. The van der Waals surface area contributed by atoms with Gasteiger partial charge in [-0.2, -0.15) is 0 Å². The van der Waals surface area contributed by atoms with E-state index in [9.17, 15) is 13.2 Å². The zero-order valence-electron chi connectivity index (χ0n) is 20.0. The van der Waals surface area contributed by atoms with Crippen LogP contribution in [0.2, 0.25) is 0 Å². The van der Waals surface area contributed by atoms with Gasteiger partial charge in [0.15, 0.2) is 9.84 Å². The molecular formula is C28H31N3O3S. The Labute approximate surface area is 207 Å². The fourth-order valence-corrected chi connectivity index (χ4v) is 6.16. The van der Waals surface area contributed by atoms with Crippen LogP contribution in [0.25, 0.3) is 11.1 Å². The number of hydrogen-bond acceptors (Lipinski definition) is 4. The quantitative estimate of drug-likeness (QED) is 0.573. The van der Waals surface area contributed by atoms with E-state index < -0.39 is 9.84 Å². The monoisotopic (exact) mass is 489 g/mol. The lowest BCUT2D eigenvalue weighted by Crippen LogP contribution is -2.51. The molecule has 6 nitrogen and oxygen atoms in total. The van der Waals surface area contributed by atoms with Crippen LogP contribution in [0, 0.1) is 0 Å². The molecule has 3 aromatic rings. The maximum atomic E-state index is 13.2. The molecule has 1 N–H and O–H groups in total. The maximum Gasteiger partial charge on any atom is 0.322 e. The highest BCUT2D eigenvalue weighted by molar-refractivity contribution is 7.90. The molecule has 3 aromatic carbocycles. The second-order valence-corrected chi connectivity index (χ2v) is 11.5. The number of sulfone groups is 1. The lowest BCUT2D eigenvalue weighted by Gasteiger charge is -2.34. The summed E-state index contributed by atoms with van der Waals surface area (Å²) in [6, 6.07) is 23.8. The fraction of sp³-hybridized carbons (Fsp3) is 0.321. The molecule has 7 heteroatoms. The molecule has 1 saturated heterocycles.